The average molecular weight is 190 g/mol. The van der Waals surface area contributed by atoms with Crippen LogP contribution in [0.25, 0.3) is 0 Å². The Kier molecular flexibility index (Phi) is 7.23. The average Bonchev–Trinajstić information content (AvgIpc) is 2.05. The van der Waals surface area contributed by atoms with Gasteiger partial charge in [0.15, 0.2) is 0 Å². The van der Waals surface area contributed by atoms with E-state index in [1.807, 2.05) is 0 Å². The molecule has 0 bridgehead atoms. The van der Waals surface area contributed by atoms with E-state index in [-0.39, 0.29) is 13.2 Å². The van der Waals surface area contributed by atoms with Gasteiger partial charge in [-0.1, -0.05) is 26.2 Å². The molecule has 0 amide bonds. The lowest BCUT2D eigenvalue weighted by Gasteiger charge is -2.26. The molecule has 0 aliphatic rings. The molecule has 0 aromatic heterocycles. The summed E-state index contributed by atoms with van der Waals surface area (Å²) in [6.07, 6.45) is 4.61. The van der Waals surface area contributed by atoms with Crippen molar-refractivity contribution in [1.29, 1.82) is 0 Å². The van der Waals surface area contributed by atoms with E-state index in [0.717, 1.165) is 19.3 Å². The highest BCUT2D eigenvalue weighted by Gasteiger charge is 2.24. The molecule has 0 radical (unpaired) electrons. The first kappa shape index (κ1) is 12.9. The van der Waals surface area contributed by atoms with E-state index >= 15 is 0 Å². The fourth-order valence-electron chi connectivity index (χ4n) is 1.50. The fourth-order valence-corrected chi connectivity index (χ4v) is 1.50. The van der Waals surface area contributed by atoms with Crippen LogP contribution in [0, 0.1) is 0 Å². The van der Waals surface area contributed by atoms with Crippen LogP contribution in [0.15, 0.2) is 0 Å². The maximum atomic E-state index is 9.92. The van der Waals surface area contributed by atoms with Crippen LogP contribution in [-0.4, -0.2) is 34.1 Å². The molecular weight excluding hydrogens is 168 g/mol. The Bertz CT molecular complexity index is 109. The Balaban J connectivity index is 3.76. The molecular formula is C10H22O3. The van der Waals surface area contributed by atoms with Gasteiger partial charge < -0.3 is 15.3 Å². The Hall–Kier alpha value is -0.120. The fraction of sp³-hybridized carbons (Fsp3) is 1.00. The monoisotopic (exact) mass is 190 g/mol. The van der Waals surface area contributed by atoms with Crippen molar-refractivity contribution in [3.8, 4) is 0 Å². The van der Waals surface area contributed by atoms with E-state index in [1.165, 1.54) is 0 Å². The zero-order valence-electron chi connectivity index (χ0n) is 8.50. The second-order valence-electron chi connectivity index (χ2n) is 3.63. The molecule has 0 saturated heterocycles. The Labute approximate surface area is 80.4 Å². The van der Waals surface area contributed by atoms with Gasteiger partial charge in [0.1, 0.15) is 0 Å². The molecule has 0 fully saturated rings. The smallest absolute Gasteiger partial charge is 0.0691 e. The lowest BCUT2D eigenvalue weighted by atomic mass is 9.90. The highest BCUT2D eigenvalue weighted by atomic mass is 16.3. The van der Waals surface area contributed by atoms with Gasteiger partial charge in [-0.15, -0.1) is 0 Å². The number of unbranched alkanes of at least 4 members (excludes halogenated alkanes) is 2. The lowest BCUT2D eigenvalue weighted by molar-refractivity contribution is -0.0139. The van der Waals surface area contributed by atoms with Crippen molar-refractivity contribution in [2.24, 2.45) is 0 Å². The number of rotatable bonds is 8. The maximum Gasteiger partial charge on any atom is 0.0691 e. The first-order chi connectivity index (χ1) is 6.18. The number of aliphatic hydroxyl groups is 3. The van der Waals surface area contributed by atoms with Crippen molar-refractivity contribution >= 4 is 0 Å². The first-order valence-electron chi connectivity index (χ1n) is 5.12. The van der Waals surface area contributed by atoms with Crippen LogP contribution in [0.5, 0.6) is 0 Å². The van der Waals surface area contributed by atoms with Crippen LogP contribution < -0.4 is 0 Å². The molecule has 0 atom stereocenters. The van der Waals surface area contributed by atoms with E-state index < -0.39 is 5.60 Å². The third-order valence-electron chi connectivity index (χ3n) is 2.40. The van der Waals surface area contributed by atoms with Crippen LogP contribution >= 0.6 is 0 Å². The predicted octanol–water partition coefficient (Wildman–Crippen LogP) is 1.06. The lowest BCUT2D eigenvalue weighted by Crippen LogP contribution is -2.31. The second kappa shape index (κ2) is 7.30. The highest BCUT2D eigenvalue weighted by molar-refractivity contribution is 4.77. The molecule has 0 aliphatic heterocycles. The van der Waals surface area contributed by atoms with Crippen molar-refractivity contribution in [2.45, 2.75) is 51.0 Å². The zero-order valence-corrected chi connectivity index (χ0v) is 8.50. The summed E-state index contributed by atoms with van der Waals surface area (Å²) < 4.78 is 0. The highest BCUT2D eigenvalue weighted by Crippen LogP contribution is 2.22. The van der Waals surface area contributed by atoms with Gasteiger partial charge >= 0.3 is 0 Å². The standard InChI is InChI=1S/C10H22O3/c1-2-3-4-5-10(13,6-8-11)7-9-12/h11-13H,2-9H2,1H3. The van der Waals surface area contributed by atoms with Gasteiger partial charge in [-0.2, -0.15) is 0 Å². The molecule has 13 heavy (non-hydrogen) atoms. The summed E-state index contributed by atoms with van der Waals surface area (Å²) in [5.41, 5.74) is -0.849. The minimum atomic E-state index is -0.849. The van der Waals surface area contributed by atoms with Crippen molar-refractivity contribution in [3.05, 3.63) is 0 Å². The normalized spacial score (nSPS) is 12.0. The molecule has 0 saturated carbocycles. The summed E-state index contributed by atoms with van der Waals surface area (Å²) in [5, 5.41) is 27.4. The van der Waals surface area contributed by atoms with Crippen LogP contribution in [-0.2, 0) is 0 Å². The molecule has 0 unspecified atom stereocenters. The van der Waals surface area contributed by atoms with E-state index in [0.29, 0.717) is 19.3 Å². The van der Waals surface area contributed by atoms with Crippen molar-refractivity contribution in [1.82, 2.24) is 0 Å². The van der Waals surface area contributed by atoms with Gasteiger partial charge in [0.05, 0.1) is 5.60 Å². The van der Waals surface area contributed by atoms with Crippen molar-refractivity contribution in [3.63, 3.8) is 0 Å². The van der Waals surface area contributed by atoms with E-state index in [2.05, 4.69) is 6.92 Å². The summed E-state index contributed by atoms with van der Waals surface area (Å²) in [5.74, 6) is 0. The molecule has 80 valence electrons. The van der Waals surface area contributed by atoms with Crippen LogP contribution in [0.2, 0.25) is 0 Å². The van der Waals surface area contributed by atoms with Gasteiger partial charge in [0.25, 0.3) is 0 Å². The molecule has 0 aromatic rings. The quantitative estimate of drug-likeness (QED) is 0.502. The van der Waals surface area contributed by atoms with Crippen molar-refractivity contribution < 1.29 is 15.3 Å². The van der Waals surface area contributed by atoms with Crippen LogP contribution in [0.4, 0.5) is 0 Å². The van der Waals surface area contributed by atoms with Crippen LogP contribution in [0.3, 0.4) is 0 Å². The molecule has 0 spiro atoms. The van der Waals surface area contributed by atoms with Gasteiger partial charge in [-0.3, -0.25) is 0 Å². The van der Waals surface area contributed by atoms with Crippen LogP contribution in [0.1, 0.15) is 45.4 Å². The number of hydrogen-bond donors (Lipinski definition) is 3. The third-order valence-corrected chi connectivity index (χ3v) is 2.40. The summed E-state index contributed by atoms with van der Waals surface area (Å²) in [6, 6.07) is 0. The van der Waals surface area contributed by atoms with Gasteiger partial charge in [-0.05, 0) is 19.3 Å². The summed E-state index contributed by atoms with van der Waals surface area (Å²) in [4.78, 5) is 0. The Morgan fingerprint density at radius 3 is 1.85 bits per heavy atom. The van der Waals surface area contributed by atoms with Gasteiger partial charge in [0, 0.05) is 13.2 Å². The van der Waals surface area contributed by atoms with E-state index in [1.54, 1.807) is 0 Å². The Morgan fingerprint density at radius 1 is 0.923 bits per heavy atom. The summed E-state index contributed by atoms with van der Waals surface area (Å²) in [7, 11) is 0. The van der Waals surface area contributed by atoms with Gasteiger partial charge in [0.2, 0.25) is 0 Å². The minimum absolute atomic E-state index is 0.0113. The van der Waals surface area contributed by atoms with E-state index in [4.69, 9.17) is 10.2 Å². The molecule has 3 nitrogen and oxygen atoms in total. The van der Waals surface area contributed by atoms with E-state index in [9.17, 15) is 5.11 Å². The predicted molar refractivity (Wildman–Crippen MR) is 52.5 cm³/mol. The third kappa shape index (κ3) is 6.02. The summed E-state index contributed by atoms with van der Waals surface area (Å²) >= 11 is 0. The molecule has 0 heterocycles. The largest absolute Gasteiger partial charge is 0.396 e. The maximum absolute atomic E-state index is 9.92. The minimum Gasteiger partial charge on any atom is -0.396 e. The SMILES string of the molecule is CCCCCC(O)(CCO)CCO. The summed E-state index contributed by atoms with van der Waals surface area (Å²) in [6.45, 7) is 2.09. The first-order valence-corrected chi connectivity index (χ1v) is 5.12. The number of hydrogen-bond acceptors (Lipinski definition) is 3. The molecule has 0 rings (SSSR count). The second-order valence-corrected chi connectivity index (χ2v) is 3.63. The zero-order chi connectivity index (χ0) is 10.2. The Morgan fingerprint density at radius 2 is 1.46 bits per heavy atom. The number of aliphatic hydroxyl groups excluding tert-OH is 2. The molecule has 3 heteroatoms. The molecule has 3 N–H and O–H groups in total. The van der Waals surface area contributed by atoms with Crippen molar-refractivity contribution in [2.75, 3.05) is 13.2 Å². The topological polar surface area (TPSA) is 60.7 Å². The van der Waals surface area contributed by atoms with Gasteiger partial charge in [-0.25, -0.2) is 0 Å². The molecule has 0 aliphatic carbocycles. The molecule has 0 aromatic carbocycles.